The molecule has 0 rings (SSSR count). The van der Waals surface area contributed by atoms with Gasteiger partial charge in [-0.05, 0) is 38.5 Å². The number of aliphatic carboxylic acids is 1. The van der Waals surface area contributed by atoms with Gasteiger partial charge in [0.05, 0.1) is 40.3 Å². The summed E-state index contributed by atoms with van der Waals surface area (Å²) in [6, 6.07) is -0.720. The lowest BCUT2D eigenvalue weighted by Gasteiger charge is -2.34. The lowest BCUT2D eigenvalue weighted by Crippen LogP contribution is -2.55. The molecule has 2 unspecified atom stereocenters. The predicted octanol–water partition coefficient (Wildman–Crippen LogP) is 9.41. The fourth-order valence-electron chi connectivity index (χ4n) is 6.12. The predicted molar refractivity (Wildman–Crippen MR) is 204 cm³/mol. The average molecular weight is 710 g/mol. The smallest absolute Gasteiger partial charge is 0.306 e. The first-order chi connectivity index (χ1) is 24.1. The minimum Gasteiger partial charge on any atom is -0.544 e. The van der Waals surface area contributed by atoms with Crippen LogP contribution in [0.15, 0.2) is 12.2 Å². The molecule has 0 aliphatic rings. The number of nitrogens with zero attached hydrogens (tertiary/aromatic N) is 1. The largest absolute Gasteiger partial charge is 0.544 e. The molecule has 0 saturated heterocycles. The third-order valence-electron chi connectivity index (χ3n) is 9.40. The Morgan fingerprint density at radius 2 is 1.00 bits per heavy atom. The van der Waals surface area contributed by atoms with Gasteiger partial charge in [-0.3, -0.25) is 9.59 Å². The first-order valence-electron chi connectivity index (χ1n) is 20.7. The van der Waals surface area contributed by atoms with Crippen LogP contribution < -0.4 is 5.11 Å². The van der Waals surface area contributed by atoms with Gasteiger partial charge in [0.1, 0.15) is 12.6 Å². The Kier molecular flexibility index (Phi) is 32.9. The maximum Gasteiger partial charge on any atom is 0.306 e. The molecule has 0 heterocycles. The van der Waals surface area contributed by atoms with Crippen LogP contribution in [0.2, 0.25) is 0 Å². The summed E-state index contributed by atoms with van der Waals surface area (Å²) in [4.78, 5) is 36.6. The highest BCUT2D eigenvalue weighted by atomic mass is 16.6. The van der Waals surface area contributed by atoms with E-state index in [2.05, 4.69) is 26.0 Å². The van der Waals surface area contributed by atoms with Crippen molar-refractivity contribution in [2.24, 2.45) is 0 Å². The number of ether oxygens (including phenoxy) is 3. The quantitative estimate of drug-likeness (QED) is 0.0274. The van der Waals surface area contributed by atoms with E-state index in [-0.39, 0.29) is 42.7 Å². The van der Waals surface area contributed by atoms with Crippen LogP contribution in [0.4, 0.5) is 0 Å². The summed E-state index contributed by atoms with van der Waals surface area (Å²) in [6.45, 7) is 4.64. The number of carbonyl (C=O) groups excluding carboxylic acids is 3. The Balaban J connectivity index is 4.29. The molecule has 0 N–H and O–H groups in total. The van der Waals surface area contributed by atoms with Gasteiger partial charge in [-0.25, -0.2) is 0 Å². The number of allylic oxidation sites excluding steroid dienone is 2. The van der Waals surface area contributed by atoms with Crippen LogP contribution in [0.1, 0.15) is 187 Å². The maximum absolute atomic E-state index is 12.6. The lowest BCUT2D eigenvalue weighted by atomic mass is 10.1. The number of hydrogen-bond acceptors (Lipinski definition) is 7. The molecule has 294 valence electrons. The molecular formula is C42H79NO7. The second kappa shape index (κ2) is 34.2. The van der Waals surface area contributed by atoms with E-state index in [1.807, 2.05) is 0 Å². The van der Waals surface area contributed by atoms with Crippen molar-refractivity contribution in [1.29, 1.82) is 0 Å². The highest BCUT2D eigenvalue weighted by molar-refractivity contribution is 5.70. The van der Waals surface area contributed by atoms with Crippen LogP contribution >= 0.6 is 0 Å². The number of rotatable bonds is 37. The SMILES string of the molecule is CCCCCCCC/C=C/CCCCCCCCCC(=O)OCC(COCCC(C(=O)[O-])[N+](C)(C)C)OC(=O)CCCCCCCCCCC. The molecule has 0 spiro atoms. The van der Waals surface area contributed by atoms with E-state index >= 15 is 0 Å². The van der Waals surface area contributed by atoms with Crippen LogP contribution in [0.5, 0.6) is 0 Å². The minimum absolute atomic E-state index is 0.0443. The van der Waals surface area contributed by atoms with Crippen molar-refractivity contribution < 1.29 is 38.2 Å². The summed E-state index contributed by atoms with van der Waals surface area (Å²) in [7, 11) is 5.40. The van der Waals surface area contributed by atoms with Crippen molar-refractivity contribution in [3.05, 3.63) is 12.2 Å². The number of likely N-dealkylation sites (N-methyl/N-ethyl adjacent to an activating group) is 1. The van der Waals surface area contributed by atoms with Crippen LogP contribution in [0, 0.1) is 0 Å². The molecule has 0 fully saturated rings. The van der Waals surface area contributed by atoms with Crippen molar-refractivity contribution >= 4 is 17.9 Å². The van der Waals surface area contributed by atoms with E-state index in [1.54, 1.807) is 21.1 Å². The van der Waals surface area contributed by atoms with Crippen molar-refractivity contribution in [3.8, 4) is 0 Å². The van der Waals surface area contributed by atoms with E-state index < -0.39 is 18.1 Å². The van der Waals surface area contributed by atoms with E-state index in [1.165, 1.54) is 116 Å². The van der Waals surface area contributed by atoms with Gasteiger partial charge in [-0.15, -0.1) is 0 Å². The van der Waals surface area contributed by atoms with E-state index in [9.17, 15) is 19.5 Å². The van der Waals surface area contributed by atoms with Crippen LogP contribution in [0.3, 0.4) is 0 Å². The number of quaternary nitrogens is 1. The molecule has 0 radical (unpaired) electrons. The van der Waals surface area contributed by atoms with E-state index in [0.717, 1.165) is 38.5 Å². The summed E-state index contributed by atoms with van der Waals surface area (Å²) in [5, 5.41) is 11.6. The lowest BCUT2D eigenvalue weighted by molar-refractivity contribution is -0.889. The van der Waals surface area contributed by atoms with Crippen molar-refractivity contribution in [2.75, 3.05) is 41.0 Å². The fraction of sp³-hybridized carbons (Fsp3) is 0.881. The second-order valence-corrected chi connectivity index (χ2v) is 15.2. The number of unbranched alkanes of at least 4 members (excludes halogenated alkanes) is 21. The molecule has 0 aromatic rings. The maximum atomic E-state index is 12.6. The van der Waals surface area contributed by atoms with Crippen LogP contribution in [-0.2, 0) is 28.6 Å². The number of carboxylic acids is 1. The summed E-state index contributed by atoms with van der Waals surface area (Å²) < 4.78 is 17.1. The summed E-state index contributed by atoms with van der Waals surface area (Å²) in [5.41, 5.74) is 0. The monoisotopic (exact) mass is 710 g/mol. The Bertz CT molecular complexity index is 838. The van der Waals surface area contributed by atoms with Gasteiger partial charge >= 0.3 is 11.9 Å². The molecule has 8 heteroatoms. The van der Waals surface area contributed by atoms with Gasteiger partial charge in [0.25, 0.3) is 0 Å². The van der Waals surface area contributed by atoms with E-state index in [0.29, 0.717) is 12.8 Å². The molecule has 2 atom stereocenters. The zero-order chi connectivity index (χ0) is 37.1. The Hall–Kier alpha value is -1.93. The molecule has 0 amide bonds. The van der Waals surface area contributed by atoms with Crippen molar-refractivity contribution in [1.82, 2.24) is 0 Å². The summed E-state index contributed by atoms with van der Waals surface area (Å²) >= 11 is 0. The van der Waals surface area contributed by atoms with Crippen LogP contribution in [-0.4, -0.2) is 75.5 Å². The number of hydrogen-bond donors (Lipinski definition) is 0. The van der Waals surface area contributed by atoms with Crippen LogP contribution in [0.25, 0.3) is 0 Å². The molecule has 0 saturated carbocycles. The Morgan fingerprint density at radius 1 is 0.580 bits per heavy atom. The summed E-state index contributed by atoms with van der Waals surface area (Å²) in [6.07, 6.45) is 33.8. The molecular weight excluding hydrogens is 630 g/mol. The molecule has 0 aromatic heterocycles. The van der Waals surface area contributed by atoms with Gasteiger partial charge in [0.2, 0.25) is 0 Å². The third-order valence-corrected chi connectivity index (χ3v) is 9.40. The van der Waals surface area contributed by atoms with Crippen molar-refractivity contribution in [3.63, 3.8) is 0 Å². The van der Waals surface area contributed by atoms with Gasteiger partial charge in [0, 0.05) is 19.3 Å². The average Bonchev–Trinajstić information content (AvgIpc) is 3.06. The number of esters is 2. The molecule has 0 aliphatic heterocycles. The summed E-state index contributed by atoms with van der Waals surface area (Å²) in [5.74, 6) is -1.73. The van der Waals surface area contributed by atoms with Gasteiger partial charge in [-0.1, -0.05) is 142 Å². The topological polar surface area (TPSA) is 102 Å². The Labute approximate surface area is 308 Å². The van der Waals surface area contributed by atoms with Gasteiger partial charge in [-0.2, -0.15) is 0 Å². The molecule has 0 aliphatic carbocycles. The zero-order valence-corrected chi connectivity index (χ0v) is 33.3. The normalized spacial score (nSPS) is 13.1. The number of carboxylic acid groups (broad SMARTS) is 1. The van der Waals surface area contributed by atoms with Gasteiger partial charge in [0.15, 0.2) is 6.10 Å². The highest BCUT2D eigenvalue weighted by Gasteiger charge is 2.25. The Morgan fingerprint density at radius 3 is 1.44 bits per heavy atom. The standard InChI is InChI=1S/C42H79NO7/c1-6-8-10-12-14-16-17-18-19-20-21-22-23-25-26-28-30-32-40(44)49-37-38(36-48-35-34-39(42(46)47)43(3,4)5)50-41(45)33-31-29-27-24-15-13-11-9-7-2/h18-19,38-39H,6-17,20-37H2,1-5H3/b19-18+. The van der Waals surface area contributed by atoms with E-state index in [4.69, 9.17) is 14.2 Å². The molecule has 8 nitrogen and oxygen atoms in total. The first-order valence-corrected chi connectivity index (χ1v) is 20.7. The third kappa shape index (κ3) is 32.0. The van der Waals surface area contributed by atoms with Gasteiger partial charge < -0.3 is 28.6 Å². The second-order valence-electron chi connectivity index (χ2n) is 15.2. The highest BCUT2D eigenvalue weighted by Crippen LogP contribution is 2.14. The zero-order valence-electron chi connectivity index (χ0n) is 33.3. The molecule has 0 aromatic carbocycles. The first kappa shape index (κ1) is 48.1. The molecule has 50 heavy (non-hydrogen) atoms. The molecule has 0 bridgehead atoms. The minimum atomic E-state index is -1.12. The van der Waals surface area contributed by atoms with Crippen molar-refractivity contribution in [2.45, 2.75) is 199 Å². The fourth-order valence-corrected chi connectivity index (χ4v) is 6.12. The number of carbonyl (C=O) groups is 3.